The predicted molar refractivity (Wildman–Crippen MR) is 130 cm³/mol. The van der Waals surface area contributed by atoms with Gasteiger partial charge in [0, 0.05) is 24.5 Å². The Labute approximate surface area is 208 Å². The van der Waals surface area contributed by atoms with Crippen LogP contribution in [-0.4, -0.2) is 54.0 Å². The molecule has 2 atom stereocenters. The highest BCUT2D eigenvalue weighted by molar-refractivity contribution is 6.31. The van der Waals surface area contributed by atoms with Crippen LogP contribution in [0.3, 0.4) is 0 Å². The first kappa shape index (κ1) is 27.6. The molecular formula is C24H29ClN4O6. The maximum Gasteiger partial charge on any atom is 0.325 e. The number of aliphatic carboxylic acids is 1. The van der Waals surface area contributed by atoms with Crippen molar-refractivity contribution in [1.82, 2.24) is 16.0 Å². The molecule has 35 heavy (non-hydrogen) atoms. The highest BCUT2D eigenvalue weighted by atomic mass is 35.5. The number of hydrogen-bond acceptors (Lipinski definition) is 6. The minimum Gasteiger partial charge on any atom is -0.491 e. The number of hydrogen-bond donors (Lipinski definition) is 5. The molecule has 0 heterocycles. The van der Waals surface area contributed by atoms with Crippen molar-refractivity contribution in [3.8, 4) is 5.75 Å². The molecule has 0 aliphatic heterocycles. The first-order valence-electron chi connectivity index (χ1n) is 11.0. The summed E-state index contributed by atoms with van der Waals surface area (Å²) in [5, 5.41) is 17.3. The Morgan fingerprint density at radius 2 is 1.80 bits per heavy atom. The van der Waals surface area contributed by atoms with Crippen molar-refractivity contribution in [2.75, 3.05) is 13.2 Å². The highest BCUT2D eigenvalue weighted by Gasteiger charge is 2.26. The number of nitrogens with two attached hydrogens (primary N) is 1. The summed E-state index contributed by atoms with van der Waals surface area (Å²) in [6.45, 7) is 2.71. The number of carboxylic acids is 1. The summed E-state index contributed by atoms with van der Waals surface area (Å²) < 4.78 is 5.75. The van der Waals surface area contributed by atoms with Gasteiger partial charge in [0.05, 0.1) is 5.56 Å². The zero-order valence-corrected chi connectivity index (χ0v) is 20.0. The fourth-order valence-electron chi connectivity index (χ4n) is 3.03. The second-order valence-electron chi connectivity index (χ2n) is 7.75. The zero-order valence-electron chi connectivity index (χ0n) is 19.3. The number of ether oxygens (including phenoxy) is 1. The number of nitrogens with one attached hydrogen (secondary N) is 3. The van der Waals surface area contributed by atoms with Crippen LogP contribution >= 0.6 is 11.6 Å². The molecule has 0 spiro atoms. The normalized spacial score (nSPS) is 12.3. The van der Waals surface area contributed by atoms with Crippen LogP contribution in [0.1, 0.15) is 35.7 Å². The van der Waals surface area contributed by atoms with Crippen molar-refractivity contribution >= 4 is 35.3 Å². The first-order chi connectivity index (χ1) is 16.7. The molecule has 0 radical (unpaired) electrons. The number of amides is 3. The van der Waals surface area contributed by atoms with E-state index >= 15 is 0 Å². The Balaban J connectivity index is 2.04. The van der Waals surface area contributed by atoms with Gasteiger partial charge in [0.25, 0.3) is 5.91 Å². The van der Waals surface area contributed by atoms with Crippen LogP contribution in [0.2, 0.25) is 5.02 Å². The number of primary amides is 1. The molecule has 6 N–H and O–H groups in total. The average Bonchev–Trinajstić information content (AvgIpc) is 2.82. The minimum atomic E-state index is -1.25. The zero-order chi connectivity index (χ0) is 25.8. The largest absolute Gasteiger partial charge is 0.491 e. The maximum absolute atomic E-state index is 13.0. The molecule has 2 aromatic carbocycles. The van der Waals surface area contributed by atoms with E-state index in [0.29, 0.717) is 13.1 Å². The minimum absolute atomic E-state index is 0.0868. The van der Waals surface area contributed by atoms with Crippen LogP contribution in [0.25, 0.3) is 0 Å². The van der Waals surface area contributed by atoms with E-state index in [1.807, 2.05) is 30.3 Å². The van der Waals surface area contributed by atoms with E-state index < -0.39 is 35.8 Å². The van der Waals surface area contributed by atoms with Gasteiger partial charge in [-0.25, -0.2) is 0 Å². The number of rotatable bonds is 14. The van der Waals surface area contributed by atoms with E-state index in [4.69, 9.17) is 27.2 Å². The first-order valence-corrected chi connectivity index (χ1v) is 11.3. The third-order valence-electron chi connectivity index (χ3n) is 4.93. The van der Waals surface area contributed by atoms with E-state index in [1.165, 1.54) is 13.0 Å². The summed E-state index contributed by atoms with van der Waals surface area (Å²) in [6.07, 6.45) is -0.300. The van der Waals surface area contributed by atoms with Crippen LogP contribution in [0, 0.1) is 0 Å². The molecule has 188 valence electrons. The lowest BCUT2D eigenvalue weighted by atomic mass is 10.1. The molecule has 2 aromatic rings. The van der Waals surface area contributed by atoms with Gasteiger partial charge < -0.3 is 31.5 Å². The summed E-state index contributed by atoms with van der Waals surface area (Å²) in [4.78, 5) is 47.8. The van der Waals surface area contributed by atoms with Gasteiger partial charge in [-0.2, -0.15) is 0 Å². The molecule has 0 aliphatic carbocycles. The third kappa shape index (κ3) is 9.63. The second-order valence-corrected chi connectivity index (χ2v) is 8.19. The topological polar surface area (TPSA) is 160 Å². The third-order valence-corrected chi connectivity index (χ3v) is 5.16. The van der Waals surface area contributed by atoms with Crippen molar-refractivity contribution in [2.45, 2.75) is 38.4 Å². The summed E-state index contributed by atoms with van der Waals surface area (Å²) in [7, 11) is 0. The number of carboxylic acid groups (broad SMARTS) is 1. The summed E-state index contributed by atoms with van der Waals surface area (Å²) in [6, 6.07) is 11.9. The number of benzene rings is 2. The van der Waals surface area contributed by atoms with Crippen molar-refractivity contribution < 1.29 is 29.0 Å². The summed E-state index contributed by atoms with van der Waals surface area (Å²) in [5.41, 5.74) is 6.38. The van der Waals surface area contributed by atoms with E-state index in [-0.39, 0.29) is 35.8 Å². The van der Waals surface area contributed by atoms with Crippen molar-refractivity contribution in [1.29, 1.82) is 0 Å². The molecule has 2 rings (SSSR count). The molecule has 0 aromatic heterocycles. The van der Waals surface area contributed by atoms with Gasteiger partial charge in [-0.3, -0.25) is 19.2 Å². The van der Waals surface area contributed by atoms with Crippen LogP contribution in [0.15, 0.2) is 48.5 Å². The monoisotopic (exact) mass is 504 g/mol. The summed E-state index contributed by atoms with van der Waals surface area (Å²) in [5.74, 6) is -3.10. The van der Waals surface area contributed by atoms with Crippen molar-refractivity contribution in [3.05, 3.63) is 64.7 Å². The number of carbonyl (C=O) groups is 4. The molecule has 0 fully saturated rings. The van der Waals surface area contributed by atoms with Gasteiger partial charge in [-0.15, -0.1) is 0 Å². The molecule has 0 bridgehead atoms. The second kappa shape index (κ2) is 13.9. The number of halogens is 1. The lowest BCUT2D eigenvalue weighted by Gasteiger charge is -2.20. The molecular weight excluding hydrogens is 476 g/mol. The molecule has 10 nitrogen and oxygen atoms in total. The maximum atomic E-state index is 13.0. The van der Waals surface area contributed by atoms with Gasteiger partial charge >= 0.3 is 5.97 Å². The van der Waals surface area contributed by atoms with E-state index in [9.17, 15) is 19.2 Å². The van der Waals surface area contributed by atoms with Gasteiger partial charge in [0.2, 0.25) is 11.8 Å². The standard InChI is InChI=1S/C24H29ClN4O6/c1-15(24(33)34)28-23(32)19(8-10-21(26)30)29-22(31)18-13-17(25)7-9-20(18)35-12-11-27-14-16-5-3-2-4-6-16/h2-7,9,13,15,19,27H,8,10-12,14H2,1H3,(H2,26,30)(H,28,32)(H,29,31)(H,33,34)/t15-,19-/m0/s1. The Morgan fingerprint density at radius 1 is 1.09 bits per heavy atom. The van der Waals surface area contributed by atoms with Crippen LogP contribution < -0.4 is 26.4 Å². The predicted octanol–water partition coefficient (Wildman–Crippen LogP) is 1.46. The fraction of sp³-hybridized carbons (Fsp3) is 0.333. The Hall–Kier alpha value is -3.63. The Bertz CT molecular complexity index is 1030. The quantitative estimate of drug-likeness (QED) is 0.243. The van der Waals surface area contributed by atoms with E-state index in [2.05, 4.69) is 16.0 Å². The van der Waals surface area contributed by atoms with Gasteiger partial charge in [-0.05, 0) is 37.1 Å². The van der Waals surface area contributed by atoms with E-state index in [1.54, 1.807) is 12.1 Å². The van der Waals surface area contributed by atoms with Crippen molar-refractivity contribution in [3.63, 3.8) is 0 Å². The molecule has 0 unspecified atom stereocenters. The number of carbonyl (C=O) groups excluding carboxylic acids is 3. The summed E-state index contributed by atoms with van der Waals surface area (Å²) >= 11 is 6.06. The Kier molecular flexibility index (Phi) is 11.0. The van der Waals surface area contributed by atoms with Crippen LogP contribution in [0.4, 0.5) is 0 Å². The SMILES string of the molecule is C[C@H](NC(=O)[C@H](CCC(N)=O)NC(=O)c1cc(Cl)ccc1OCCNCc1ccccc1)C(=O)O. The van der Waals surface area contributed by atoms with Gasteiger partial charge in [-0.1, -0.05) is 41.9 Å². The smallest absolute Gasteiger partial charge is 0.325 e. The van der Waals surface area contributed by atoms with Crippen LogP contribution in [-0.2, 0) is 20.9 Å². The lowest BCUT2D eigenvalue weighted by molar-refractivity contribution is -0.141. The molecule has 0 saturated heterocycles. The van der Waals surface area contributed by atoms with Gasteiger partial charge in [0.1, 0.15) is 24.4 Å². The molecule has 0 saturated carbocycles. The average molecular weight is 505 g/mol. The van der Waals surface area contributed by atoms with E-state index in [0.717, 1.165) is 5.56 Å². The van der Waals surface area contributed by atoms with Gasteiger partial charge in [0.15, 0.2) is 0 Å². The van der Waals surface area contributed by atoms with Crippen LogP contribution in [0.5, 0.6) is 5.75 Å². The molecule has 0 aliphatic rings. The van der Waals surface area contributed by atoms with Crippen molar-refractivity contribution in [2.24, 2.45) is 5.73 Å². The highest BCUT2D eigenvalue weighted by Crippen LogP contribution is 2.23. The molecule has 11 heteroatoms. The Morgan fingerprint density at radius 3 is 2.46 bits per heavy atom. The molecule has 3 amide bonds. The lowest BCUT2D eigenvalue weighted by Crippen LogP contribution is -2.51. The fourth-order valence-corrected chi connectivity index (χ4v) is 3.21.